The van der Waals surface area contributed by atoms with E-state index >= 15 is 0 Å². The Hall–Kier alpha value is -1.73. The van der Waals surface area contributed by atoms with Crippen LogP contribution in [-0.4, -0.2) is 31.7 Å². The van der Waals surface area contributed by atoms with Crippen molar-refractivity contribution >= 4 is 17.0 Å². The minimum atomic E-state index is -1.54. The van der Waals surface area contributed by atoms with Gasteiger partial charge in [-0.3, -0.25) is 0 Å². The van der Waals surface area contributed by atoms with E-state index in [9.17, 15) is 19.0 Å². The first-order valence-electron chi connectivity index (χ1n) is 9.03. The molecule has 0 spiro atoms. The van der Waals surface area contributed by atoms with Gasteiger partial charge < -0.3 is 20.1 Å². The molecule has 1 aliphatic carbocycles. The van der Waals surface area contributed by atoms with Crippen LogP contribution in [0.5, 0.6) is 0 Å². The maximum atomic E-state index is 14.6. The predicted molar refractivity (Wildman–Crippen MR) is 97.3 cm³/mol. The number of nitrogens with zero attached hydrogens (tertiary/aromatic N) is 2. The summed E-state index contributed by atoms with van der Waals surface area (Å²) in [5.74, 6) is -0.200. The summed E-state index contributed by atoms with van der Waals surface area (Å²) in [5, 5.41) is 23.3. The van der Waals surface area contributed by atoms with E-state index in [1.165, 1.54) is 19.9 Å². The van der Waals surface area contributed by atoms with Gasteiger partial charge in [0.25, 0.3) is 0 Å². The Morgan fingerprint density at radius 2 is 1.96 bits per heavy atom. The molecule has 1 aromatic carbocycles. The fraction of sp³-hybridized carbons (Fsp3) is 0.632. The lowest BCUT2D eigenvalue weighted by Gasteiger charge is -2.30. The van der Waals surface area contributed by atoms with Crippen molar-refractivity contribution in [3.8, 4) is 0 Å². The van der Waals surface area contributed by atoms with Crippen molar-refractivity contribution in [1.82, 2.24) is 9.55 Å². The maximum Gasteiger partial charge on any atom is 0.206 e. The summed E-state index contributed by atoms with van der Waals surface area (Å²) < 4.78 is 30.3. The van der Waals surface area contributed by atoms with Crippen LogP contribution in [0.25, 0.3) is 11.0 Å². The average Bonchev–Trinajstić information content (AvgIpc) is 2.73. The molecule has 1 heterocycles. The standard InChI is InChI=1S/C19H27F2N3O2/c1-18(2,21)10-15(25)22-17-23-16-13(20)8-11(19(3,4)26)9-14(16)24(17)12-6-5-7-12/h8-9,12,15,25-26H,5-7,10H2,1-4H3,(H,22,23). The maximum absolute atomic E-state index is 14.6. The number of imidazole rings is 1. The number of aromatic nitrogens is 2. The Labute approximate surface area is 152 Å². The summed E-state index contributed by atoms with van der Waals surface area (Å²) >= 11 is 0. The van der Waals surface area contributed by atoms with Crippen LogP contribution in [0.1, 0.15) is 65.0 Å². The van der Waals surface area contributed by atoms with Gasteiger partial charge in [0, 0.05) is 12.5 Å². The summed E-state index contributed by atoms with van der Waals surface area (Å²) in [6.45, 7) is 5.98. The third-order valence-electron chi connectivity index (χ3n) is 4.87. The van der Waals surface area contributed by atoms with E-state index < -0.39 is 23.3 Å². The molecule has 1 fully saturated rings. The molecule has 2 aromatic rings. The molecular weight excluding hydrogens is 340 g/mol. The molecule has 0 saturated heterocycles. The first-order chi connectivity index (χ1) is 12.0. The van der Waals surface area contributed by atoms with E-state index in [1.807, 2.05) is 4.57 Å². The Morgan fingerprint density at radius 3 is 2.46 bits per heavy atom. The number of alkyl halides is 1. The number of hydrogen-bond acceptors (Lipinski definition) is 4. The molecule has 1 aromatic heterocycles. The zero-order chi connectivity index (χ0) is 19.3. The number of aliphatic hydroxyl groups is 2. The second kappa shape index (κ2) is 6.46. The lowest BCUT2D eigenvalue weighted by atomic mass is 9.92. The second-order valence-corrected chi connectivity index (χ2v) is 8.36. The number of anilines is 1. The minimum Gasteiger partial charge on any atom is -0.386 e. The van der Waals surface area contributed by atoms with Crippen LogP contribution in [0.3, 0.4) is 0 Å². The van der Waals surface area contributed by atoms with Gasteiger partial charge in [-0.15, -0.1) is 0 Å². The molecule has 0 aliphatic heterocycles. The van der Waals surface area contributed by atoms with Crippen molar-refractivity contribution in [1.29, 1.82) is 0 Å². The summed E-state index contributed by atoms with van der Waals surface area (Å²) in [6.07, 6.45) is 1.68. The first-order valence-corrected chi connectivity index (χ1v) is 9.03. The zero-order valence-electron chi connectivity index (χ0n) is 15.7. The number of aliphatic hydroxyl groups excluding tert-OH is 1. The fourth-order valence-corrected chi connectivity index (χ4v) is 3.28. The fourth-order valence-electron chi connectivity index (χ4n) is 3.28. The van der Waals surface area contributed by atoms with E-state index in [4.69, 9.17) is 0 Å². The van der Waals surface area contributed by atoms with E-state index in [-0.39, 0.29) is 18.0 Å². The average molecular weight is 367 g/mol. The Bertz CT molecular complexity index is 802. The van der Waals surface area contributed by atoms with Gasteiger partial charge in [0.15, 0.2) is 5.82 Å². The van der Waals surface area contributed by atoms with Gasteiger partial charge in [0.05, 0.1) is 11.1 Å². The molecule has 0 bridgehead atoms. The molecular formula is C19H27F2N3O2. The first kappa shape index (κ1) is 19.0. The summed E-state index contributed by atoms with van der Waals surface area (Å²) in [5.41, 5.74) is -1.52. The molecule has 0 amide bonds. The van der Waals surface area contributed by atoms with Gasteiger partial charge in [-0.25, -0.2) is 13.8 Å². The molecule has 3 rings (SSSR count). The van der Waals surface area contributed by atoms with Crippen LogP contribution < -0.4 is 5.32 Å². The van der Waals surface area contributed by atoms with Gasteiger partial charge in [-0.1, -0.05) is 0 Å². The smallest absolute Gasteiger partial charge is 0.206 e. The quantitative estimate of drug-likeness (QED) is 0.675. The third-order valence-corrected chi connectivity index (χ3v) is 4.87. The van der Waals surface area contributed by atoms with E-state index in [1.54, 1.807) is 19.9 Å². The predicted octanol–water partition coefficient (Wildman–Crippen LogP) is 4.00. The largest absolute Gasteiger partial charge is 0.386 e. The molecule has 5 nitrogen and oxygen atoms in total. The number of nitrogens with one attached hydrogen (secondary N) is 1. The van der Waals surface area contributed by atoms with Gasteiger partial charge in [-0.05, 0) is 64.7 Å². The highest BCUT2D eigenvalue weighted by atomic mass is 19.1. The van der Waals surface area contributed by atoms with Crippen molar-refractivity contribution < 1.29 is 19.0 Å². The highest BCUT2D eigenvalue weighted by Crippen LogP contribution is 2.39. The van der Waals surface area contributed by atoms with Crippen LogP contribution in [-0.2, 0) is 5.60 Å². The molecule has 7 heteroatoms. The monoisotopic (exact) mass is 367 g/mol. The number of fused-ring (bicyclic) bond motifs is 1. The van der Waals surface area contributed by atoms with Crippen molar-refractivity contribution in [3.05, 3.63) is 23.5 Å². The summed E-state index contributed by atoms with van der Waals surface area (Å²) in [4.78, 5) is 4.32. The lowest BCUT2D eigenvalue weighted by molar-refractivity contribution is 0.0783. The van der Waals surface area contributed by atoms with Crippen LogP contribution in [0.2, 0.25) is 0 Å². The van der Waals surface area contributed by atoms with E-state index in [2.05, 4.69) is 10.3 Å². The molecule has 26 heavy (non-hydrogen) atoms. The van der Waals surface area contributed by atoms with Gasteiger partial charge in [0.1, 0.15) is 17.4 Å². The van der Waals surface area contributed by atoms with Crippen molar-refractivity contribution in [3.63, 3.8) is 0 Å². The number of hydrogen-bond donors (Lipinski definition) is 3. The topological polar surface area (TPSA) is 70.3 Å². The van der Waals surface area contributed by atoms with Crippen molar-refractivity contribution in [2.75, 3.05) is 5.32 Å². The number of rotatable bonds is 6. The highest BCUT2D eigenvalue weighted by Gasteiger charge is 2.29. The molecule has 3 N–H and O–H groups in total. The zero-order valence-corrected chi connectivity index (χ0v) is 15.7. The Morgan fingerprint density at radius 1 is 1.31 bits per heavy atom. The second-order valence-electron chi connectivity index (χ2n) is 8.36. The van der Waals surface area contributed by atoms with Crippen LogP contribution in [0.4, 0.5) is 14.7 Å². The molecule has 1 atom stereocenters. The summed E-state index contributed by atoms with van der Waals surface area (Å²) in [6, 6.07) is 3.16. The minimum absolute atomic E-state index is 0.113. The van der Waals surface area contributed by atoms with Gasteiger partial charge in [0.2, 0.25) is 5.95 Å². The van der Waals surface area contributed by atoms with Gasteiger partial charge >= 0.3 is 0 Å². The van der Waals surface area contributed by atoms with Crippen LogP contribution in [0, 0.1) is 5.82 Å². The van der Waals surface area contributed by atoms with Crippen LogP contribution >= 0.6 is 0 Å². The molecule has 1 saturated carbocycles. The number of halogens is 2. The van der Waals surface area contributed by atoms with E-state index in [0.29, 0.717) is 17.0 Å². The van der Waals surface area contributed by atoms with E-state index in [0.717, 1.165) is 19.3 Å². The molecule has 144 valence electrons. The molecule has 0 radical (unpaired) electrons. The lowest BCUT2D eigenvalue weighted by Crippen LogP contribution is -2.30. The van der Waals surface area contributed by atoms with Crippen molar-refractivity contribution in [2.24, 2.45) is 0 Å². The SMILES string of the molecule is CC(C)(F)CC(O)Nc1nc2c(F)cc(C(C)(C)O)cc2n1C1CCC1. The van der Waals surface area contributed by atoms with Gasteiger partial charge in [-0.2, -0.15) is 0 Å². The number of benzene rings is 1. The third kappa shape index (κ3) is 3.83. The molecule has 1 aliphatic rings. The molecule has 1 unspecified atom stereocenters. The highest BCUT2D eigenvalue weighted by molar-refractivity contribution is 5.80. The normalized spacial score (nSPS) is 17.4. The van der Waals surface area contributed by atoms with Crippen LogP contribution in [0.15, 0.2) is 12.1 Å². The summed E-state index contributed by atoms with van der Waals surface area (Å²) in [7, 11) is 0. The Kier molecular flexibility index (Phi) is 4.73. The Balaban J connectivity index is 2.06. The van der Waals surface area contributed by atoms with Crippen molar-refractivity contribution in [2.45, 2.75) is 76.9 Å².